The van der Waals surface area contributed by atoms with Crippen molar-refractivity contribution in [1.29, 1.82) is 0 Å². The summed E-state index contributed by atoms with van der Waals surface area (Å²) in [6.45, 7) is 10.2. The van der Waals surface area contributed by atoms with E-state index in [1.165, 1.54) is 16.8 Å². The molecule has 1 aliphatic heterocycles. The first-order valence-electron chi connectivity index (χ1n) is 12.3. The molecule has 1 amide bonds. The van der Waals surface area contributed by atoms with Gasteiger partial charge in [0.05, 0.1) is 25.0 Å². The minimum atomic E-state index is 0.172. The Morgan fingerprint density at radius 1 is 1.12 bits per heavy atom. The molecule has 3 aromatic rings. The van der Waals surface area contributed by atoms with Crippen molar-refractivity contribution in [2.75, 3.05) is 20.2 Å². The summed E-state index contributed by atoms with van der Waals surface area (Å²) in [6, 6.07) is 18.6. The minimum Gasteiger partial charge on any atom is -0.494 e. The Hall–Kier alpha value is -3.12. The van der Waals surface area contributed by atoms with Gasteiger partial charge in [-0.15, -0.1) is 0 Å². The highest BCUT2D eigenvalue weighted by atomic mass is 16.5. The number of amides is 1. The van der Waals surface area contributed by atoms with E-state index in [0.717, 1.165) is 49.7 Å². The van der Waals surface area contributed by atoms with Crippen LogP contribution in [0.25, 0.3) is 5.69 Å². The van der Waals surface area contributed by atoms with Gasteiger partial charge in [-0.05, 0) is 23.6 Å². The number of methoxy groups -OCH3 is 1. The maximum atomic E-state index is 12.8. The van der Waals surface area contributed by atoms with Crippen LogP contribution in [0.2, 0.25) is 0 Å². The summed E-state index contributed by atoms with van der Waals surface area (Å²) < 4.78 is 7.70. The molecule has 4 rings (SSSR count). The summed E-state index contributed by atoms with van der Waals surface area (Å²) in [5, 5.41) is 5.09. The largest absolute Gasteiger partial charge is 0.494 e. The van der Waals surface area contributed by atoms with Crippen LogP contribution in [-0.4, -0.2) is 45.7 Å². The zero-order valence-electron chi connectivity index (χ0n) is 20.8. The maximum absolute atomic E-state index is 12.8. The lowest BCUT2D eigenvalue weighted by atomic mass is 10.0. The summed E-state index contributed by atoms with van der Waals surface area (Å²) in [4.78, 5) is 17.2. The van der Waals surface area contributed by atoms with Gasteiger partial charge in [0.1, 0.15) is 11.4 Å². The molecule has 0 atom stereocenters. The first-order chi connectivity index (χ1) is 16.5. The Balaban J connectivity index is 1.71. The second-order valence-electron chi connectivity index (χ2n) is 9.42. The van der Waals surface area contributed by atoms with E-state index in [9.17, 15) is 4.79 Å². The van der Waals surface area contributed by atoms with Gasteiger partial charge in [-0.1, -0.05) is 63.2 Å². The first kappa shape index (κ1) is 24.0. The highest BCUT2D eigenvalue weighted by molar-refractivity contribution is 5.75. The van der Waals surface area contributed by atoms with Gasteiger partial charge in [0, 0.05) is 44.6 Å². The fourth-order valence-electron chi connectivity index (χ4n) is 4.75. The molecule has 0 unspecified atom stereocenters. The average molecular weight is 461 g/mol. The molecular weight excluding hydrogens is 424 g/mol. The third-order valence-electron chi connectivity index (χ3n) is 6.36. The van der Waals surface area contributed by atoms with Crippen LogP contribution < -0.4 is 4.74 Å². The highest BCUT2D eigenvalue weighted by Crippen LogP contribution is 2.31. The van der Waals surface area contributed by atoms with E-state index in [2.05, 4.69) is 55.1 Å². The number of hydrogen-bond donors (Lipinski definition) is 0. The predicted octanol–water partition coefficient (Wildman–Crippen LogP) is 4.83. The molecule has 34 heavy (non-hydrogen) atoms. The summed E-state index contributed by atoms with van der Waals surface area (Å²) in [6.07, 6.45) is 1.40. The number of nitrogens with zero attached hydrogens (tertiary/aromatic N) is 4. The van der Waals surface area contributed by atoms with Crippen LogP contribution in [0, 0.1) is 5.92 Å². The standard InChI is InChI=1S/C28H36N4O2/c1-5-28(33)31(17-21(2)3)20-24-23-19-30(18-22-11-7-6-8-12-22)16-15-25(23)32(29-24)26-13-9-10-14-27(26)34-4/h6-14,21H,5,15-20H2,1-4H3. The molecule has 2 heterocycles. The second-order valence-corrected chi connectivity index (χ2v) is 9.42. The average Bonchev–Trinajstić information content (AvgIpc) is 3.20. The molecule has 0 saturated carbocycles. The number of carbonyl (C=O) groups is 1. The second kappa shape index (κ2) is 10.9. The third-order valence-corrected chi connectivity index (χ3v) is 6.36. The lowest BCUT2D eigenvalue weighted by Gasteiger charge is -2.29. The molecule has 0 fully saturated rings. The van der Waals surface area contributed by atoms with Crippen molar-refractivity contribution in [3.05, 3.63) is 77.1 Å². The van der Waals surface area contributed by atoms with Crippen molar-refractivity contribution in [2.24, 2.45) is 5.92 Å². The Morgan fingerprint density at radius 2 is 1.85 bits per heavy atom. The Kier molecular flexibility index (Phi) is 7.68. The normalized spacial score (nSPS) is 13.7. The van der Waals surface area contributed by atoms with Crippen LogP contribution in [0.15, 0.2) is 54.6 Å². The molecule has 0 aliphatic carbocycles. The van der Waals surface area contributed by atoms with Crippen LogP contribution in [0.4, 0.5) is 0 Å². The number of aromatic nitrogens is 2. The number of para-hydroxylation sites is 2. The molecule has 0 spiro atoms. The van der Waals surface area contributed by atoms with E-state index in [1.807, 2.05) is 34.7 Å². The molecule has 180 valence electrons. The maximum Gasteiger partial charge on any atom is 0.222 e. The molecule has 0 N–H and O–H groups in total. The third kappa shape index (κ3) is 5.33. The fraction of sp³-hybridized carbons (Fsp3) is 0.429. The smallest absolute Gasteiger partial charge is 0.222 e. The first-order valence-corrected chi connectivity index (χ1v) is 12.3. The molecule has 0 saturated heterocycles. The summed E-state index contributed by atoms with van der Waals surface area (Å²) >= 11 is 0. The van der Waals surface area contributed by atoms with Crippen molar-refractivity contribution in [2.45, 2.75) is 53.2 Å². The van der Waals surface area contributed by atoms with Crippen LogP contribution in [0.5, 0.6) is 5.75 Å². The van der Waals surface area contributed by atoms with E-state index in [4.69, 9.17) is 9.84 Å². The van der Waals surface area contributed by atoms with E-state index < -0.39 is 0 Å². The van der Waals surface area contributed by atoms with Crippen LogP contribution in [0.3, 0.4) is 0 Å². The van der Waals surface area contributed by atoms with Gasteiger partial charge in [0.25, 0.3) is 0 Å². The monoisotopic (exact) mass is 460 g/mol. The van der Waals surface area contributed by atoms with Crippen molar-refractivity contribution >= 4 is 5.91 Å². The molecule has 6 heteroatoms. The number of fused-ring (bicyclic) bond motifs is 1. The quantitative estimate of drug-likeness (QED) is 0.459. The van der Waals surface area contributed by atoms with E-state index in [0.29, 0.717) is 18.9 Å². The lowest BCUT2D eigenvalue weighted by Crippen LogP contribution is -2.34. The minimum absolute atomic E-state index is 0.172. The molecular formula is C28H36N4O2. The van der Waals surface area contributed by atoms with Gasteiger partial charge >= 0.3 is 0 Å². The van der Waals surface area contributed by atoms with Gasteiger partial charge in [0.2, 0.25) is 5.91 Å². The lowest BCUT2D eigenvalue weighted by molar-refractivity contribution is -0.132. The van der Waals surface area contributed by atoms with Crippen LogP contribution >= 0.6 is 0 Å². The van der Waals surface area contributed by atoms with Gasteiger partial charge in [-0.25, -0.2) is 4.68 Å². The Labute approximate surface area is 203 Å². The van der Waals surface area contributed by atoms with Crippen molar-refractivity contribution in [1.82, 2.24) is 19.6 Å². The van der Waals surface area contributed by atoms with Crippen LogP contribution in [-0.2, 0) is 30.8 Å². The Bertz CT molecular complexity index is 1110. The van der Waals surface area contributed by atoms with Gasteiger partial charge in [-0.2, -0.15) is 5.10 Å². The molecule has 0 bridgehead atoms. The van der Waals surface area contributed by atoms with E-state index >= 15 is 0 Å². The number of ether oxygens (including phenoxy) is 1. The fourth-order valence-corrected chi connectivity index (χ4v) is 4.75. The van der Waals surface area contributed by atoms with E-state index in [1.54, 1.807) is 7.11 Å². The van der Waals surface area contributed by atoms with Gasteiger partial charge in [-0.3, -0.25) is 9.69 Å². The van der Waals surface area contributed by atoms with Gasteiger partial charge in [0.15, 0.2) is 0 Å². The van der Waals surface area contributed by atoms with Crippen molar-refractivity contribution < 1.29 is 9.53 Å². The summed E-state index contributed by atoms with van der Waals surface area (Å²) in [5.74, 6) is 1.37. The molecule has 1 aromatic heterocycles. The molecule has 2 aromatic carbocycles. The predicted molar refractivity (Wildman–Crippen MR) is 135 cm³/mol. The number of hydrogen-bond acceptors (Lipinski definition) is 4. The number of carbonyl (C=O) groups excluding carboxylic acids is 1. The number of benzene rings is 2. The topological polar surface area (TPSA) is 50.6 Å². The van der Waals surface area contributed by atoms with Crippen molar-refractivity contribution in [3.63, 3.8) is 0 Å². The summed E-state index contributed by atoms with van der Waals surface area (Å²) in [5.41, 5.74) is 5.71. The number of rotatable bonds is 9. The van der Waals surface area contributed by atoms with E-state index in [-0.39, 0.29) is 5.91 Å². The molecule has 6 nitrogen and oxygen atoms in total. The summed E-state index contributed by atoms with van der Waals surface area (Å²) in [7, 11) is 1.70. The molecule has 0 radical (unpaired) electrons. The zero-order chi connectivity index (χ0) is 24.1. The SMILES string of the molecule is CCC(=O)N(Cc1nn(-c2ccccc2OC)c2c1CN(Cc1ccccc1)CC2)CC(C)C. The highest BCUT2D eigenvalue weighted by Gasteiger charge is 2.28. The Morgan fingerprint density at radius 3 is 2.56 bits per heavy atom. The van der Waals surface area contributed by atoms with Crippen molar-refractivity contribution in [3.8, 4) is 11.4 Å². The zero-order valence-corrected chi connectivity index (χ0v) is 20.8. The molecule has 1 aliphatic rings. The van der Waals surface area contributed by atoms with Crippen LogP contribution in [0.1, 0.15) is 49.7 Å². The van der Waals surface area contributed by atoms with Gasteiger partial charge < -0.3 is 9.64 Å².